The van der Waals surface area contributed by atoms with E-state index in [0.29, 0.717) is 12.8 Å². The minimum Gasteiger partial charge on any atom is -0.462 e. The van der Waals surface area contributed by atoms with Gasteiger partial charge in [0.05, 0.1) is 19.8 Å². The van der Waals surface area contributed by atoms with Crippen molar-refractivity contribution >= 4 is 19.8 Å². The minimum absolute atomic E-state index is 0.193. The Labute approximate surface area is 344 Å². The number of unbranched alkanes of at least 4 members (excludes halogenated alkanes) is 31. The van der Waals surface area contributed by atoms with E-state index >= 15 is 0 Å². The summed E-state index contributed by atoms with van der Waals surface area (Å²) in [5.74, 6) is -0.910. The molecule has 0 rings (SSSR count). The first kappa shape index (κ1) is 55.0. The van der Waals surface area contributed by atoms with Gasteiger partial charge in [-0.25, -0.2) is 4.57 Å². The summed E-state index contributed by atoms with van der Waals surface area (Å²) >= 11 is 0. The van der Waals surface area contributed by atoms with Crippen LogP contribution in [0.3, 0.4) is 0 Å². The molecule has 0 saturated heterocycles. The quantitative estimate of drug-likeness (QED) is 0.0308. The molecular formula is C45H89O10P. The fraction of sp³-hybridized carbons (Fsp3) is 0.956. The van der Waals surface area contributed by atoms with Gasteiger partial charge in [0.2, 0.25) is 0 Å². The van der Waals surface area contributed by atoms with E-state index < -0.39 is 51.8 Å². The summed E-state index contributed by atoms with van der Waals surface area (Å²) in [7, 11) is -4.61. The van der Waals surface area contributed by atoms with Crippen molar-refractivity contribution in [2.45, 2.75) is 251 Å². The lowest BCUT2D eigenvalue weighted by Gasteiger charge is -2.20. The maximum Gasteiger partial charge on any atom is 0.472 e. The summed E-state index contributed by atoms with van der Waals surface area (Å²) < 4.78 is 32.7. The normalized spacial score (nSPS) is 13.7. The van der Waals surface area contributed by atoms with Gasteiger partial charge in [0.25, 0.3) is 0 Å². The zero-order valence-electron chi connectivity index (χ0n) is 36.4. The highest BCUT2D eigenvalue weighted by atomic mass is 31.2. The van der Waals surface area contributed by atoms with Crippen LogP contribution in [-0.2, 0) is 32.7 Å². The summed E-state index contributed by atoms with van der Waals surface area (Å²) in [5, 5.41) is 18.3. The molecule has 1 unspecified atom stereocenters. The van der Waals surface area contributed by atoms with Crippen LogP contribution in [0, 0.1) is 0 Å². The fourth-order valence-electron chi connectivity index (χ4n) is 6.88. The number of hydrogen-bond donors (Lipinski definition) is 3. The first-order valence-corrected chi connectivity index (χ1v) is 25.0. The lowest BCUT2D eigenvalue weighted by atomic mass is 10.0. The molecule has 3 N–H and O–H groups in total. The summed E-state index contributed by atoms with van der Waals surface area (Å²) in [6.07, 6.45) is 39.4. The molecule has 3 atom stereocenters. The average molecular weight is 821 g/mol. The largest absolute Gasteiger partial charge is 0.472 e. The van der Waals surface area contributed by atoms with Crippen LogP contribution in [0.2, 0.25) is 0 Å². The number of carbonyl (C=O) groups excluding carboxylic acids is 2. The molecule has 0 spiro atoms. The van der Waals surface area contributed by atoms with Gasteiger partial charge in [-0.15, -0.1) is 0 Å². The molecule has 0 radical (unpaired) electrons. The Balaban J connectivity index is 4.08. The number of phosphoric ester groups is 1. The smallest absolute Gasteiger partial charge is 0.462 e. The molecule has 0 aromatic heterocycles. The Hall–Kier alpha value is -1.03. The Morgan fingerprint density at radius 2 is 0.768 bits per heavy atom. The molecule has 0 aliphatic carbocycles. The number of carbonyl (C=O) groups is 2. The zero-order chi connectivity index (χ0) is 41.2. The van der Waals surface area contributed by atoms with E-state index in [0.717, 1.165) is 38.5 Å². The van der Waals surface area contributed by atoms with Crippen molar-refractivity contribution in [1.29, 1.82) is 0 Å². The molecule has 0 bridgehead atoms. The maximum atomic E-state index is 12.6. The van der Waals surface area contributed by atoms with Crippen molar-refractivity contribution in [1.82, 2.24) is 0 Å². The van der Waals surface area contributed by atoms with E-state index in [-0.39, 0.29) is 19.4 Å². The van der Waals surface area contributed by atoms with Crippen LogP contribution in [0.25, 0.3) is 0 Å². The third-order valence-corrected chi connectivity index (χ3v) is 11.5. The van der Waals surface area contributed by atoms with Gasteiger partial charge in [0.1, 0.15) is 12.7 Å². The molecule has 0 amide bonds. The number of aliphatic hydroxyl groups excluding tert-OH is 2. The maximum absolute atomic E-state index is 12.6. The van der Waals surface area contributed by atoms with Gasteiger partial charge in [-0.1, -0.05) is 213 Å². The predicted octanol–water partition coefficient (Wildman–Crippen LogP) is 12.6. The average Bonchev–Trinajstić information content (AvgIpc) is 3.19. The molecular weight excluding hydrogens is 731 g/mol. The van der Waals surface area contributed by atoms with Crippen molar-refractivity contribution in [2.24, 2.45) is 0 Å². The van der Waals surface area contributed by atoms with Gasteiger partial charge in [-0.3, -0.25) is 18.6 Å². The lowest BCUT2D eigenvalue weighted by Crippen LogP contribution is -2.29. The third-order valence-electron chi connectivity index (χ3n) is 10.5. The van der Waals surface area contributed by atoms with E-state index in [1.807, 2.05) is 0 Å². The molecule has 0 aromatic carbocycles. The Kier molecular flexibility index (Phi) is 41.3. The van der Waals surface area contributed by atoms with Crippen molar-refractivity contribution < 1.29 is 47.8 Å². The van der Waals surface area contributed by atoms with Crippen LogP contribution in [0.4, 0.5) is 0 Å². The van der Waals surface area contributed by atoms with Crippen LogP contribution in [0.1, 0.15) is 239 Å². The van der Waals surface area contributed by atoms with Crippen molar-refractivity contribution in [3.63, 3.8) is 0 Å². The number of rotatable bonds is 45. The van der Waals surface area contributed by atoms with Crippen LogP contribution in [0.5, 0.6) is 0 Å². The van der Waals surface area contributed by atoms with Crippen molar-refractivity contribution in [3.05, 3.63) is 0 Å². The van der Waals surface area contributed by atoms with Gasteiger partial charge in [0.15, 0.2) is 6.10 Å². The molecule has 334 valence electrons. The number of phosphoric acid groups is 1. The topological polar surface area (TPSA) is 149 Å². The molecule has 0 aromatic rings. The van der Waals surface area contributed by atoms with Crippen molar-refractivity contribution in [3.8, 4) is 0 Å². The van der Waals surface area contributed by atoms with E-state index in [2.05, 4.69) is 13.8 Å². The van der Waals surface area contributed by atoms with Gasteiger partial charge in [-0.2, -0.15) is 0 Å². The summed E-state index contributed by atoms with van der Waals surface area (Å²) in [4.78, 5) is 34.9. The zero-order valence-corrected chi connectivity index (χ0v) is 37.3. The standard InChI is InChI=1S/C45H89O10P/c1-3-5-7-9-11-13-15-16-17-18-19-20-21-22-23-24-25-26-27-29-31-33-35-37-45(49)55-43(41-54-56(50,51)53-39-42(47)38-46)40-52-44(48)36-34-32-30-28-14-12-10-8-6-4-2/h42-43,46-47H,3-41H2,1-2H3,(H,50,51)/t42-,43+/m0/s1. The van der Waals surface area contributed by atoms with Gasteiger partial charge in [-0.05, 0) is 12.8 Å². The predicted molar refractivity (Wildman–Crippen MR) is 229 cm³/mol. The highest BCUT2D eigenvalue weighted by Crippen LogP contribution is 2.43. The SMILES string of the molecule is CCCCCCCCCCCCCCCCCCCCCCCCCC(=O)O[C@H](COC(=O)CCCCCCCCCCCC)COP(=O)(O)OC[C@@H](O)CO. The molecule has 0 heterocycles. The van der Waals surface area contributed by atoms with Crippen molar-refractivity contribution in [2.75, 3.05) is 26.4 Å². The van der Waals surface area contributed by atoms with Gasteiger partial charge < -0.3 is 24.6 Å². The van der Waals surface area contributed by atoms with E-state index in [9.17, 15) is 24.2 Å². The first-order chi connectivity index (χ1) is 27.2. The van der Waals surface area contributed by atoms with E-state index in [4.69, 9.17) is 23.6 Å². The Morgan fingerprint density at radius 1 is 0.464 bits per heavy atom. The highest BCUT2D eigenvalue weighted by Gasteiger charge is 2.27. The highest BCUT2D eigenvalue weighted by molar-refractivity contribution is 7.47. The van der Waals surface area contributed by atoms with Crippen LogP contribution < -0.4 is 0 Å². The molecule has 56 heavy (non-hydrogen) atoms. The molecule has 0 fully saturated rings. The lowest BCUT2D eigenvalue weighted by molar-refractivity contribution is -0.161. The van der Waals surface area contributed by atoms with Crippen LogP contribution in [-0.4, -0.2) is 65.7 Å². The molecule has 10 nitrogen and oxygen atoms in total. The summed E-state index contributed by atoms with van der Waals surface area (Å²) in [5.41, 5.74) is 0. The number of ether oxygens (including phenoxy) is 2. The minimum atomic E-state index is -4.61. The molecule has 0 aliphatic rings. The number of esters is 2. The van der Waals surface area contributed by atoms with Crippen LogP contribution in [0.15, 0.2) is 0 Å². The second-order valence-corrected chi connectivity index (χ2v) is 17.6. The second-order valence-electron chi connectivity index (χ2n) is 16.2. The molecule has 0 aliphatic heterocycles. The molecule has 11 heteroatoms. The van der Waals surface area contributed by atoms with Gasteiger partial charge in [0, 0.05) is 12.8 Å². The first-order valence-electron chi connectivity index (χ1n) is 23.5. The Bertz CT molecular complexity index is 904. The number of aliphatic hydroxyl groups is 2. The fourth-order valence-corrected chi connectivity index (χ4v) is 7.67. The van der Waals surface area contributed by atoms with Gasteiger partial charge >= 0.3 is 19.8 Å². The number of hydrogen-bond acceptors (Lipinski definition) is 9. The monoisotopic (exact) mass is 821 g/mol. The third kappa shape index (κ3) is 41.1. The summed E-state index contributed by atoms with van der Waals surface area (Å²) in [6, 6.07) is 0. The molecule has 0 saturated carbocycles. The van der Waals surface area contributed by atoms with E-state index in [1.165, 1.54) is 161 Å². The Morgan fingerprint density at radius 3 is 1.11 bits per heavy atom. The van der Waals surface area contributed by atoms with Crippen LogP contribution >= 0.6 is 7.82 Å². The summed E-state index contributed by atoms with van der Waals surface area (Å²) in [6.45, 7) is 2.41. The van der Waals surface area contributed by atoms with E-state index in [1.54, 1.807) is 0 Å². The second kappa shape index (κ2) is 42.1.